The molecule has 0 aliphatic carbocycles. The number of halogens is 2. The van der Waals surface area contributed by atoms with Crippen molar-refractivity contribution >= 4 is 0 Å². The molecule has 1 aliphatic rings. The lowest BCUT2D eigenvalue weighted by Gasteiger charge is -2.39. The highest BCUT2D eigenvalue weighted by Crippen LogP contribution is 2.42. The van der Waals surface area contributed by atoms with Crippen LogP contribution in [0.25, 0.3) is 0 Å². The highest BCUT2D eigenvalue weighted by molar-refractivity contribution is 5.41. The maximum atomic E-state index is 14.4. The molecular formula is C15H21F2N. The topological polar surface area (TPSA) is 12.0 Å². The zero-order chi connectivity index (χ0) is 13.7. The number of hydrogen-bond donors (Lipinski definition) is 1. The average Bonchev–Trinajstić information content (AvgIpc) is 2.23. The van der Waals surface area contributed by atoms with Crippen molar-refractivity contribution in [2.75, 3.05) is 6.54 Å². The predicted octanol–water partition coefficient (Wildman–Crippen LogP) is 4.07. The number of aryl methyl sites for hydroxylation is 1. The second kappa shape index (κ2) is 4.30. The maximum absolute atomic E-state index is 14.4. The second-order valence-corrected chi connectivity index (χ2v) is 6.42. The van der Waals surface area contributed by atoms with E-state index in [4.69, 9.17) is 0 Å². The number of fused-ring (bicyclic) bond motifs is 1. The summed E-state index contributed by atoms with van der Waals surface area (Å²) in [4.78, 5) is 0. The Morgan fingerprint density at radius 3 is 2.39 bits per heavy atom. The molecule has 1 N–H and O–H groups in total. The lowest BCUT2D eigenvalue weighted by Crippen LogP contribution is -2.40. The van der Waals surface area contributed by atoms with Crippen molar-refractivity contribution in [3.8, 4) is 0 Å². The van der Waals surface area contributed by atoms with E-state index in [2.05, 4.69) is 5.32 Å². The second-order valence-electron chi connectivity index (χ2n) is 6.42. The van der Waals surface area contributed by atoms with Crippen LogP contribution in [0, 0.1) is 24.0 Å². The molecule has 1 nitrogen and oxygen atoms in total. The fourth-order valence-electron chi connectivity index (χ4n) is 2.81. The third kappa shape index (κ3) is 2.05. The van der Waals surface area contributed by atoms with E-state index in [1.54, 1.807) is 6.92 Å². The molecule has 0 spiro atoms. The van der Waals surface area contributed by atoms with Crippen LogP contribution in [-0.4, -0.2) is 6.54 Å². The first-order valence-corrected chi connectivity index (χ1v) is 6.45. The van der Waals surface area contributed by atoms with Crippen LogP contribution in [0.1, 0.15) is 56.3 Å². The van der Waals surface area contributed by atoms with E-state index in [-0.39, 0.29) is 29.0 Å². The van der Waals surface area contributed by atoms with Gasteiger partial charge in [-0.15, -0.1) is 0 Å². The van der Waals surface area contributed by atoms with E-state index >= 15 is 0 Å². The van der Waals surface area contributed by atoms with Crippen LogP contribution in [0.3, 0.4) is 0 Å². The molecule has 100 valence electrons. The lowest BCUT2D eigenvalue weighted by atomic mass is 9.75. The van der Waals surface area contributed by atoms with E-state index < -0.39 is 0 Å². The first kappa shape index (κ1) is 13.5. The van der Waals surface area contributed by atoms with E-state index in [1.807, 2.05) is 27.7 Å². The van der Waals surface area contributed by atoms with Crippen molar-refractivity contribution in [1.29, 1.82) is 0 Å². The van der Waals surface area contributed by atoms with E-state index in [1.165, 1.54) is 6.07 Å². The molecule has 0 aromatic heterocycles. The molecule has 1 aliphatic heterocycles. The highest BCUT2D eigenvalue weighted by atomic mass is 19.1. The van der Waals surface area contributed by atoms with E-state index in [0.717, 1.165) is 0 Å². The molecule has 0 bridgehead atoms. The van der Waals surface area contributed by atoms with Gasteiger partial charge in [-0.2, -0.15) is 0 Å². The zero-order valence-corrected chi connectivity index (χ0v) is 11.7. The summed E-state index contributed by atoms with van der Waals surface area (Å²) in [5, 5.41) is 3.35. The molecule has 2 rings (SSSR count). The van der Waals surface area contributed by atoms with E-state index in [0.29, 0.717) is 23.2 Å². The molecule has 18 heavy (non-hydrogen) atoms. The molecule has 2 unspecified atom stereocenters. The summed E-state index contributed by atoms with van der Waals surface area (Å²) in [5.74, 6) is -0.522. The Balaban J connectivity index is 2.70. The van der Waals surface area contributed by atoms with Crippen molar-refractivity contribution in [2.45, 2.75) is 46.6 Å². The number of rotatable bonds is 0. The van der Waals surface area contributed by atoms with Gasteiger partial charge in [-0.1, -0.05) is 27.7 Å². The Bertz CT molecular complexity index is 474. The van der Waals surface area contributed by atoms with Gasteiger partial charge in [0.15, 0.2) is 0 Å². The smallest absolute Gasteiger partial charge is 0.131 e. The third-order valence-electron chi connectivity index (χ3n) is 3.75. The Morgan fingerprint density at radius 1 is 1.22 bits per heavy atom. The standard InChI is InChI=1S/C15H21F2N/c1-8-6-10(16)11-9(2)7-18-14(15(3,4)5)12(11)13(8)17/h6,9,14,18H,7H2,1-5H3. The minimum atomic E-state index is -0.271. The minimum Gasteiger partial charge on any atom is -0.309 e. The molecule has 0 saturated heterocycles. The van der Waals surface area contributed by atoms with Gasteiger partial charge in [-0.3, -0.25) is 0 Å². The molecule has 3 heteroatoms. The monoisotopic (exact) mass is 253 g/mol. The first-order chi connectivity index (χ1) is 8.23. The third-order valence-corrected chi connectivity index (χ3v) is 3.75. The van der Waals surface area contributed by atoms with Crippen molar-refractivity contribution < 1.29 is 8.78 Å². The molecule has 0 saturated carbocycles. The van der Waals surface area contributed by atoms with E-state index in [9.17, 15) is 8.78 Å². The van der Waals surface area contributed by atoms with Gasteiger partial charge in [0.05, 0.1) is 0 Å². The van der Waals surface area contributed by atoms with Crippen molar-refractivity contribution in [3.63, 3.8) is 0 Å². The Morgan fingerprint density at radius 2 is 1.83 bits per heavy atom. The lowest BCUT2D eigenvalue weighted by molar-refractivity contribution is 0.246. The van der Waals surface area contributed by atoms with Crippen LogP contribution in [-0.2, 0) is 0 Å². The van der Waals surface area contributed by atoms with Gasteiger partial charge in [0.25, 0.3) is 0 Å². The van der Waals surface area contributed by atoms with Gasteiger partial charge in [0.2, 0.25) is 0 Å². The minimum absolute atomic E-state index is 0.00806. The molecule has 1 heterocycles. The van der Waals surface area contributed by atoms with Crippen molar-refractivity contribution in [1.82, 2.24) is 5.32 Å². The van der Waals surface area contributed by atoms with Gasteiger partial charge in [0.1, 0.15) is 11.6 Å². The number of benzene rings is 1. The fourth-order valence-corrected chi connectivity index (χ4v) is 2.81. The molecule has 0 amide bonds. The predicted molar refractivity (Wildman–Crippen MR) is 69.7 cm³/mol. The van der Waals surface area contributed by atoms with Gasteiger partial charge in [-0.25, -0.2) is 8.78 Å². The summed E-state index contributed by atoms with van der Waals surface area (Å²) in [6, 6.07) is 1.17. The fraction of sp³-hybridized carbons (Fsp3) is 0.600. The largest absolute Gasteiger partial charge is 0.309 e. The Labute approximate surface area is 108 Å². The van der Waals surface area contributed by atoms with Crippen LogP contribution in [0.4, 0.5) is 8.78 Å². The van der Waals surface area contributed by atoms with Crippen LogP contribution >= 0.6 is 0 Å². The molecule has 0 radical (unpaired) electrons. The van der Waals surface area contributed by atoms with Gasteiger partial charge in [0, 0.05) is 18.2 Å². The molecule has 1 aromatic rings. The normalized spacial score (nSPS) is 23.9. The first-order valence-electron chi connectivity index (χ1n) is 6.45. The van der Waals surface area contributed by atoms with Gasteiger partial charge >= 0.3 is 0 Å². The van der Waals surface area contributed by atoms with Crippen molar-refractivity contribution in [3.05, 3.63) is 34.4 Å². The number of nitrogens with one attached hydrogen (secondary N) is 1. The maximum Gasteiger partial charge on any atom is 0.131 e. The van der Waals surface area contributed by atoms with Gasteiger partial charge in [-0.05, 0) is 35.4 Å². The molecular weight excluding hydrogens is 232 g/mol. The quantitative estimate of drug-likeness (QED) is 0.735. The summed E-state index contributed by atoms with van der Waals surface area (Å²) >= 11 is 0. The van der Waals surface area contributed by atoms with Crippen LogP contribution in [0.15, 0.2) is 6.07 Å². The number of hydrogen-bond acceptors (Lipinski definition) is 1. The summed E-state index contributed by atoms with van der Waals surface area (Å²) < 4.78 is 28.5. The summed E-state index contributed by atoms with van der Waals surface area (Å²) in [6.45, 7) is 10.4. The van der Waals surface area contributed by atoms with Crippen LogP contribution in [0.2, 0.25) is 0 Å². The molecule has 0 fully saturated rings. The van der Waals surface area contributed by atoms with Crippen LogP contribution < -0.4 is 5.32 Å². The van der Waals surface area contributed by atoms with Crippen LogP contribution in [0.5, 0.6) is 0 Å². The SMILES string of the molecule is Cc1cc(F)c2c(c1F)C(C(C)(C)C)NCC2C. The van der Waals surface area contributed by atoms with Gasteiger partial charge < -0.3 is 5.32 Å². The zero-order valence-electron chi connectivity index (χ0n) is 11.7. The summed E-state index contributed by atoms with van der Waals surface area (Å²) in [5.41, 5.74) is 1.32. The average molecular weight is 253 g/mol. The van der Waals surface area contributed by atoms with Crippen molar-refractivity contribution in [2.24, 2.45) is 5.41 Å². The highest BCUT2D eigenvalue weighted by Gasteiger charge is 2.37. The summed E-state index contributed by atoms with van der Waals surface area (Å²) in [7, 11) is 0. The molecule has 1 aromatic carbocycles. The summed E-state index contributed by atoms with van der Waals surface area (Å²) in [6.07, 6.45) is 0. The molecule has 2 atom stereocenters. The Kier molecular flexibility index (Phi) is 3.22. The Hall–Kier alpha value is -0.960.